The van der Waals surface area contributed by atoms with Crippen LogP contribution in [0.2, 0.25) is 0 Å². The van der Waals surface area contributed by atoms with Crippen molar-refractivity contribution in [2.75, 3.05) is 40.4 Å². The molecular weight excluding hydrogens is 206 g/mol. The van der Waals surface area contributed by atoms with Gasteiger partial charge in [-0.15, -0.1) is 0 Å². The first-order valence-corrected chi connectivity index (χ1v) is 5.69. The van der Waals surface area contributed by atoms with E-state index in [-0.39, 0.29) is 11.8 Å². The van der Waals surface area contributed by atoms with Crippen LogP contribution in [0.1, 0.15) is 13.8 Å². The molecule has 1 unspecified atom stereocenters. The van der Waals surface area contributed by atoms with E-state index in [1.54, 1.807) is 7.11 Å². The predicted molar refractivity (Wildman–Crippen MR) is 65.2 cm³/mol. The average Bonchev–Trinajstić information content (AvgIpc) is 2.24. The number of nitrogens with zero attached hydrogens (tertiary/aromatic N) is 1. The Morgan fingerprint density at radius 2 is 2.06 bits per heavy atom. The van der Waals surface area contributed by atoms with Crippen LogP contribution in [-0.2, 0) is 9.53 Å². The van der Waals surface area contributed by atoms with Crippen molar-refractivity contribution in [2.24, 2.45) is 11.7 Å². The summed E-state index contributed by atoms with van der Waals surface area (Å²) in [7, 11) is 3.67. The summed E-state index contributed by atoms with van der Waals surface area (Å²) in [5, 5.41) is 2.82. The fourth-order valence-corrected chi connectivity index (χ4v) is 1.15. The topological polar surface area (TPSA) is 67.6 Å². The summed E-state index contributed by atoms with van der Waals surface area (Å²) < 4.78 is 4.96. The van der Waals surface area contributed by atoms with Gasteiger partial charge in [0.25, 0.3) is 0 Å². The van der Waals surface area contributed by atoms with Crippen LogP contribution in [0.3, 0.4) is 0 Å². The zero-order valence-corrected chi connectivity index (χ0v) is 10.8. The van der Waals surface area contributed by atoms with Gasteiger partial charge in [0, 0.05) is 26.7 Å². The number of methoxy groups -OCH3 is 1. The second kappa shape index (κ2) is 8.50. The standard InChI is InChI=1S/C11H25N3O2/c1-9(2)10(12)11(15)13-5-6-14(3)7-8-16-4/h9-10H,5-8,12H2,1-4H3,(H,13,15). The highest BCUT2D eigenvalue weighted by atomic mass is 16.5. The molecule has 0 aliphatic rings. The van der Waals surface area contributed by atoms with Crippen LogP contribution in [0, 0.1) is 5.92 Å². The summed E-state index contributed by atoms with van der Waals surface area (Å²) >= 11 is 0. The zero-order valence-electron chi connectivity index (χ0n) is 10.8. The maximum Gasteiger partial charge on any atom is 0.237 e. The quantitative estimate of drug-likeness (QED) is 0.600. The molecule has 96 valence electrons. The number of amides is 1. The minimum atomic E-state index is -0.413. The highest BCUT2D eigenvalue weighted by molar-refractivity contribution is 5.81. The first-order valence-electron chi connectivity index (χ1n) is 5.69. The van der Waals surface area contributed by atoms with Gasteiger partial charge in [0.15, 0.2) is 0 Å². The monoisotopic (exact) mass is 231 g/mol. The number of ether oxygens (including phenoxy) is 1. The van der Waals surface area contributed by atoms with Crippen LogP contribution in [0.25, 0.3) is 0 Å². The average molecular weight is 231 g/mol. The number of rotatable bonds is 8. The Balaban J connectivity index is 3.61. The molecule has 0 heterocycles. The Kier molecular flexibility index (Phi) is 8.15. The molecule has 0 saturated carbocycles. The number of carbonyl (C=O) groups is 1. The van der Waals surface area contributed by atoms with E-state index < -0.39 is 6.04 Å². The van der Waals surface area contributed by atoms with Crippen LogP contribution in [0.4, 0.5) is 0 Å². The maximum absolute atomic E-state index is 11.5. The van der Waals surface area contributed by atoms with Crippen LogP contribution in [0.5, 0.6) is 0 Å². The van der Waals surface area contributed by atoms with Gasteiger partial charge in [0.2, 0.25) is 5.91 Å². The van der Waals surface area contributed by atoms with E-state index in [2.05, 4.69) is 10.2 Å². The molecule has 0 saturated heterocycles. The smallest absolute Gasteiger partial charge is 0.237 e. The minimum Gasteiger partial charge on any atom is -0.383 e. The van der Waals surface area contributed by atoms with Gasteiger partial charge in [-0.2, -0.15) is 0 Å². The van der Waals surface area contributed by atoms with Gasteiger partial charge < -0.3 is 20.7 Å². The molecule has 0 fully saturated rings. The third-order valence-corrected chi connectivity index (χ3v) is 2.49. The molecule has 0 aromatic heterocycles. The third kappa shape index (κ3) is 6.76. The summed E-state index contributed by atoms with van der Waals surface area (Å²) in [5.41, 5.74) is 5.71. The van der Waals surface area contributed by atoms with E-state index >= 15 is 0 Å². The maximum atomic E-state index is 11.5. The second-order valence-corrected chi connectivity index (χ2v) is 4.36. The Morgan fingerprint density at radius 1 is 1.44 bits per heavy atom. The van der Waals surface area contributed by atoms with Gasteiger partial charge in [0.05, 0.1) is 12.6 Å². The molecular formula is C11H25N3O2. The Morgan fingerprint density at radius 3 is 2.56 bits per heavy atom. The van der Waals surface area contributed by atoms with E-state index in [9.17, 15) is 4.79 Å². The molecule has 16 heavy (non-hydrogen) atoms. The number of likely N-dealkylation sites (N-methyl/N-ethyl adjacent to an activating group) is 1. The van der Waals surface area contributed by atoms with Crippen LogP contribution in [-0.4, -0.2) is 57.2 Å². The first-order chi connectivity index (χ1) is 7.49. The zero-order chi connectivity index (χ0) is 12.6. The van der Waals surface area contributed by atoms with Gasteiger partial charge in [-0.05, 0) is 13.0 Å². The molecule has 0 aliphatic heterocycles. The molecule has 0 rings (SSSR count). The lowest BCUT2D eigenvalue weighted by molar-refractivity contribution is -0.123. The number of carbonyl (C=O) groups excluding carboxylic acids is 1. The molecule has 5 nitrogen and oxygen atoms in total. The molecule has 0 aromatic rings. The van der Waals surface area contributed by atoms with Gasteiger partial charge in [-0.25, -0.2) is 0 Å². The van der Waals surface area contributed by atoms with Gasteiger partial charge >= 0.3 is 0 Å². The van der Waals surface area contributed by atoms with Crippen LogP contribution < -0.4 is 11.1 Å². The fourth-order valence-electron chi connectivity index (χ4n) is 1.15. The van der Waals surface area contributed by atoms with Crippen molar-refractivity contribution >= 4 is 5.91 Å². The van der Waals surface area contributed by atoms with Gasteiger partial charge in [-0.1, -0.05) is 13.8 Å². The Bertz CT molecular complexity index is 198. The molecule has 1 amide bonds. The van der Waals surface area contributed by atoms with E-state index in [1.807, 2.05) is 20.9 Å². The molecule has 0 radical (unpaired) electrons. The lowest BCUT2D eigenvalue weighted by atomic mass is 10.1. The summed E-state index contributed by atoms with van der Waals surface area (Å²) in [6.45, 7) is 6.88. The predicted octanol–water partition coefficient (Wildman–Crippen LogP) is -0.336. The summed E-state index contributed by atoms with van der Waals surface area (Å²) in [6, 6.07) is -0.413. The number of hydrogen-bond donors (Lipinski definition) is 2. The summed E-state index contributed by atoms with van der Waals surface area (Å²) in [4.78, 5) is 13.6. The van der Waals surface area contributed by atoms with Crippen molar-refractivity contribution in [1.29, 1.82) is 0 Å². The van der Waals surface area contributed by atoms with E-state index in [0.29, 0.717) is 13.2 Å². The molecule has 3 N–H and O–H groups in total. The van der Waals surface area contributed by atoms with E-state index in [4.69, 9.17) is 10.5 Å². The Labute approximate surface area is 98.3 Å². The van der Waals surface area contributed by atoms with Crippen molar-refractivity contribution in [3.05, 3.63) is 0 Å². The van der Waals surface area contributed by atoms with Gasteiger partial charge in [-0.3, -0.25) is 4.79 Å². The lowest BCUT2D eigenvalue weighted by Crippen LogP contribution is -2.46. The normalized spacial score (nSPS) is 13.2. The SMILES string of the molecule is COCCN(C)CCNC(=O)C(N)C(C)C. The highest BCUT2D eigenvalue weighted by Gasteiger charge is 2.16. The van der Waals surface area contributed by atoms with Crippen LogP contribution >= 0.6 is 0 Å². The lowest BCUT2D eigenvalue weighted by Gasteiger charge is -2.18. The van der Waals surface area contributed by atoms with Crippen molar-refractivity contribution in [1.82, 2.24) is 10.2 Å². The second-order valence-electron chi connectivity index (χ2n) is 4.36. The number of nitrogens with one attached hydrogen (secondary N) is 1. The Hall–Kier alpha value is -0.650. The molecule has 0 aromatic carbocycles. The number of nitrogens with two attached hydrogens (primary N) is 1. The molecule has 0 spiro atoms. The minimum absolute atomic E-state index is 0.0739. The first kappa shape index (κ1) is 15.3. The largest absolute Gasteiger partial charge is 0.383 e. The summed E-state index contributed by atoms with van der Waals surface area (Å²) in [5.74, 6) is 0.0985. The van der Waals surface area contributed by atoms with Crippen molar-refractivity contribution in [3.8, 4) is 0 Å². The molecule has 5 heteroatoms. The summed E-state index contributed by atoms with van der Waals surface area (Å²) in [6.07, 6.45) is 0. The molecule has 0 aliphatic carbocycles. The molecule has 1 atom stereocenters. The van der Waals surface area contributed by atoms with Gasteiger partial charge in [0.1, 0.15) is 0 Å². The van der Waals surface area contributed by atoms with E-state index in [1.165, 1.54) is 0 Å². The number of hydrogen-bond acceptors (Lipinski definition) is 4. The molecule has 0 bridgehead atoms. The third-order valence-electron chi connectivity index (χ3n) is 2.49. The fraction of sp³-hybridized carbons (Fsp3) is 0.909. The van der Waals surface area contributed by atoms with Crippen molar-refractivity contribution in [3.63, 3.8) is 0 Å². The highest BCUT2D eigenvalue weighted by Crippen LogP contribution is 1.97. The van der Waals surface area contributed by atoms with Crippen molar-refractivity contribution in [2.45, 2.75) is 19.9 Å². The van der Waals surface area contributed by atoms with Crippen LogP contribution in [0.15, 0.2) is 0 Å². The van der Waals surface area contributed by atoms with E-state index in [0.717, 1.165) is 13.1 Å². The van der Waals surface area contributed by atoms with Crippen molar-refractivity contribution < 1.29 is 9.53 Å².